The normalized spacial score (nSPS) is 30.6. The van der Waals surface area contributed by atoms with E-state index in [0.717, 1.165) is 28.3 Å². The maximum atomic E-state index is 12.8. The van der Waals surface area contributed by atoms with Crippen molar-refractivity contribution in [2.24, 2.45) is 23.2 Å². The molecule has 4 aliphatic carbocycles. The molecule has 1 atom stereocenters. The molecule has 1 unspecified atom stereocenters. The van der Waals surface area contributed by atoms with Gasteiger partial charge in [0.1, 0.15) is 0 Å². The molecule has 1 aromatic carbocycles. The number of carbonyl (C=O) groups excluding carboxylic acids is 1. The van der Waals surface area contributed by atoms with Gasteiger partial charge in [-0.05, 0) is 113 Å². The van der Waals surface area contributed by atoms with Crippen LogP contribution in [0.15, 0.2) is 23.2 Å². The fourth-order valence-corrected chi connectivity index (χ4v) is 7.95. The summed E-state index contributed by atoms with van der Waals surface area (Å²) in [5.41, 5.74) is 5.13. The number of hydrogen-bond acceptors (Lipinski definition) is 3. The Kier molecular flexibility index (Phi) is 5.12. The minimum absolute atomic E-state index is 0.156. The van der Waals surface area contributed by atoms with Crippen LogP contribution in [-0.4, -0.2) is 22.7 Å². The molecule has 6 rings (SSSR count). The number of pyridine rings is 1. The summed E-state index contributed by atoms with van der Waals surface area (Å²) in [6, 6.07) is 6.81. The Morgan fingerprint density at radius 1 is 1.07 bits per heavy atom. The van der Waals surface area contributed by atoms with Crippen molar-refractivity contribution in [1.29, 1.82) is 0 Å². The standard InChI is InChI=1S/C26H34N2OS/c1-15-5-17(3)25-22(6-15)16(2)7-24(28-25)30-14-23(29)27-18(4)26-11-19-8-20(12-26)10-21(9-19)13-26/h5-7,18-21H,8-14H2,1-4H3,(H,27,29). The summed E-state index contributed by atoms with van der Waals surface area (Å²) in [4.78, 5) is 17.7. The SMILES string of the molecule is Cc1cc(C)c2nc(SCC(=O)NC(C)C34CC5CC(CC(C5)C3)C4)cc(C)c2c1. The highest BCUT2D eigenvalue weighted by Crippen LogP contribution is 2.61. The Balaban J connectivity index is 1.24. The minimum atomic E-state index is 0.156. The maximum Gasteiger partial charge on any atom is 0.230 e. The monoisotopic (exact) mass is 422 g/mol. The lowest BCUT2D eigenvalue weighted by Gasteiger charge is -2.59. The van der Waals surface area contributed by atoms with E-state index >= 15 is 0 Å². The van der Waals surface area contributed by atoms with Crippen molar-refractivity contribution >= 4 is 28.6 Å². The highest BCUT2D eigenvalue weighted by atomic mass is 32.2. The second-order valence-corrected chi connectivity index (χ2v) is 11.6. The largest absolute Gasteiger partial charge is 0.352 e. The summed E-state index contributed by atoms with van der Waals surface area (Å²) in [7, 11) is 0. The Bertz CT molecular complexity index is 963. The molecular weight excluding hydrogens is 388 g/mol. The molecule has 0 radical (unpaired) electrons. The van der Waals surface area contributed by atoms with Crippen LogP contribution < -0.4 is 5.32 Å². The van der Waals surface area contributed by atoms with Crippen molar-refractivity contribution in [2.45, 2.75) is 77.3 Å². The highest BCUT2D eigenvalue weighted by Gasteiger charge is 2.53. The van der Waals surface area contributed by atoms with E-state index in [1.807, 2.05) is 0 Å². The number of nitrogens with one attached hydrogen (secondary N) is 1. The minimum Gasteiger partial charge on any atom is -0.352 e. The number of amides is 1. The van der Waals surface area contributed by atoms with E-state index < -0.39 is 0 Å². The average molecular weight is 423 g/mol. The number of rotatable bonds is 5. The fourth-order valence-electron chi connectivity index (χ4n) is 7.17. The molecule has 4 fully saturated rings. The second kappa shape index (κ2) is 7.55. The molecule has 4 bridgehead atoms. The lowest BCUT2D eigenvalue weighted by atomic mass is 9.48. The van der Waals surface area contributed by atoms with Crippen LogP contribution >= 0.6 is 11.8 Å². The number of nitrogens with zero attached hydrogens (tertiary/aromatic N) is 1. The molecule has 3 nitrogen and oxygen atoms in total. The topological polar surface area (TPSA) is 42.0 Å². The van der Waals surface area contributed by atoms with E-state index in [0.29, 0.717) is 11.2 Å². The van der Waals surface area contributed by atoms with Gasteiger partial charge in [-0.3, -0.25) is 4.79 Å². The Morgan fingerprint density at radius 3 is 2.33 bits per heavy atom. The quantitative estimate of drug-likeness (QED) is 0.603. The van der Waals surface area contributed by atoms with Crippen molar-refractivity contribution in [2.75, 3.05) is 5.75 Å². The van der Waals surface area contributed by atoms with Crippen molar-refractivity contribution in [3.05, 3.63) is 34.9 Å². The molecule has 2 aromatic rings. The van der Waals surface area contributed by atoms with Crippen LogP contribution in [0.25, 0.3) is 10.9 Å². The molecule has 4 heteroatoms. The van der Waals surface area contributed by atoms with E-state index in [1.165, 1.54) is 60.6 Å². The summed E-state index contributed by atoms with van der Waals surface area (Å²) < 4.78 is 0. The molecule has 0 saturated heterocycles. The van der Waals surface area contributed by atoms with Crippen LogP contribution in [-0.2, 0) is 4.79 Å². The predicted molar refractivity (Wildman–Crippen MR) is 125 cm³/mol. The first kappa shape index (κ1) is 20.4. The molecule has 160 valence electrons. The van der Waals surface area contributed by atoms with Crippen LogP contribution in [0.5, 0.6) is 0 Å². The van der Waals surface area contributed by atoms with Gasteiger partial charge in [0.15, 0.2) is 0 Å². The van der Waals surface area contributed by atoms with E-state index in [2.05, 4.69) is 51.2 Å². The van der Waals surface area contributed by atoms with Gasteiger partial charge < -0.3 is 5.32 Å². The smallest absolute Gasteiger partial charge is 0.230 e. The van der Waals surface area contributed by atoms with E-state index in [9.17, 15) is 4.79 Å². The second-order valence-electron chi connectivity index (χ2n) is 10.6. The third kappa shape index (κ3) is 3.66. The van der Waals surface area contributed by atoms with Crippen molar-refractivity contribution < 1.29 is 4.79 Å². The molecule has 30 heavy (non-hydrogen) atoms. The summed E-state index contributed by atoms with van der Waals surface area (Å²) in [5, 5.41) is 5.56. The number of aryl methyl sites for hydroxylation is 3. The third-order valence-corrected chi connectivity index (χ3v) is 9.08. The number of hydrogen-bond donors (Lipinski definition) is 1. The van der Waals surface area contributed by atoms with Gasteiger partial charge in [-0.25, -0.2) is 4.98 Å². The Hall–Kier alpha value is -1.55. The van der Waals surface area contributed by atoms with Gasteiger partial charge in [-0.1, -0.05) is 23.4 Å². The van der Waals surface area contributed by atoms with Crippen LogP contribution in [0.2, 0.25) is 0 Å². The molecule has 0 spiro atoms. The number of thioether (sulfide) groups is 1. The lowest BCUT2D eigenvalue weighted by Crippen LogP contribution is -2.56. The molecule has 0 aliphatic heterocycles. The number of aromatic nitrogens is 1. The first-order valence-electron chi connectivity index (χ1n) is 11.6. The molecule has 4 saturated carbocycles. The molecule has 1 aromatic heterocycles. The van der Waals surface area contributed by atoms with E-state index in [1.54, 1.807) is 11.8 Å². The number of benzene rings is 1. The van der Waals surface area contributed by atoms with Crippen LogP contribution in [0.3, 0.4) is 0 Å². The van der Waals surface area contributed by atoms with Gasteiger partial charge in [0.25, 0.3) is 0 Å². The third-order valence-electron chi connectivity index (χ3n) is 8.16. The fraction of sp³-hybridized carbons (Fsp3) is 0.615. The predicted octanol–water partition coefficient (Wildman–Crippen LogP) is 5.97. The van der Waals surface area contributed by atoms with E-state index in [4.69, 9.17) is 4.98 Å². The lowest BCUT2D eigenvalue weighted by molar-refractivity contribution is -0.123. The molecule has 1 amide bonds. The van der Waals surface area contributed by atoms with Crippen LogP contribution in [0.4, 0.5) is 0 Å². The summed E-state index contributed by atoms with van der Waals surface area (Å²) in [5.74, 6) is 3.35. The summed E-state index contributed by atoms with van der Waals surface area (Å²) >= 11 is 1.57. The molecule has 1 N–H and O–H groups in total. The maximum absolute atomic E-state index is 12.8. The zero-order chi connectivity index (χ0) is 21.0. The first-order valence-corrected chi connectivity index (χ1v) is 12.6. The average Bonchev–Trinajstić information content (AvgIpc) is 2.66. The van der Waals surface area contributed by atoms with Crippen molar-refractivity contribution in [3.63, 3.8) is 0 Å². The van der Waals surface area contributed by atoms with Gasteiger partial charge >= 0.3 is 0 Å². The zero-order valence-electron chi connectivity index (χ0n) is 18.8. The van der Waals surface area contributed by atoms with Gasteiger partial charge in [0.2, 0.25) is 5.91 Å². The number of fused-ring (bicyclic) bond motifs is 1. The summed E-state index contributed by atoms with van der Waals surface area (Å²) in [6.07, 6.45) is 8.33. The van der Waals surface area contributed by atoms with Gasteiger partial charge in [-0.15, -0.1) is 0 Å². The Labute approximate surface area is 184 Å². The summed E-state index contributed by atoms with van der Waals surface area (Å²) in [6.45, 7) is 8.65. The Morgan fingerprint density at radius 2 is 1.70 bits per heavy atom. The van der Waals surface area contributed by atoms with Gasteiger partial charge in [0.05, 0.1) is 16.3 Å². The van der Waals surface area contributed by atoms with Gasteiger partial charge in [-0.2, -0.15) is 0 Å². The van der Waals surface area contributed by atoms with E-state index in [-0.39, 0.29) is 11.9 Å². The van der Waals surface area contributed by atoms with Crippen LogP contribution in [0, 0.1) is 43.9 Å². The zero-order valence-corrected chi connectivity index (χ0v) is 19.6. The highest BCUT2D eigenvalue weighted by molar-refractivity contribution is 7.99. The van der Waals surface area contributed by atoms with Crippen molar-refractivity contribution in [1.82, 2.24) is 10.3 Å². The first-order chi connectivity index (χ1) is 14.3. The molecule has 4 aliphatic rings. The molecule has 1 heterocycles. The van der Waals surface area contributed by atoms with Crippen LogP contribution in [0.1, 0.15) is 62.1 Å². The van der Waals surface area contributed by atoms with Gasteiger partial charge in [0, 0.05) is 11.4 Å². The number of carbonyl (C=O) groups is 1. The molecular formula is C26H34N2OS. The van der Waals surface area contributed by atoms with Crippen molar-refractivity contribution in [3.8, 4) is 0 Å².